The Morgan fingerprint density at radius 2 is 2.22 bits per heavy atom. The predicted octanol–water partition coefficient (Wildman–Crippen LogP) is 2.11. The van der Waals surface area contributed by atoms with Gasteiger partial charge in [0.1, 0.15) is 6.04 Å². The third-order valence-corrected chi connectivity index (χ3v) is 4.19. The van der Waals surface area contributed by atoms with Gasteiger partial charge in [-0.1, -0.05) is 30.7 Å². The Morgan fingerprint density at radius 3 is 2.87 bits per heavy atom. The van der Waals surface area contributed by atoms with E-state index in [1.54, 1.807) is 11.0 Å². The molecule has 23 heavy (non-hydrogen) atoms. The SMILES string of the molecule is CC[C@@H](N)C(=O)N1CCC[C@H]1C(=O)NCc1cccc(Cl)c1.Cl. The minimum absolute atomic E-state index is 0. The van der Waals surface area contributed by atoms with Crippen molar-refractivity contribution in [3.05, 3.63) is 34.9 Å². The number of nitrogens with one attached hydrogen (secondary N) is 1. The molecule has 2 rings (SSSR count). The number of nitrogens with two attached hydrogens (primary N) is 1. The largest absolute Gasteiger partial charge is 0.350 e. The average molecular weight is 360 g/mol. The first kappa shape index (κ1) is 19.7. The van der Waals surface area contributed by atoms with Gasteiger partial charge < -0.3 is 16.0 Å². The number of halogens is 2. The van der Waals surface area contributed by atoms with E-state index in [2.05, 4.69) is 5.32 Å². The number of likely N-dealkylation sites (tertiary alicyclic amines) is 1. The highest BCUT2D eigenvalue weighted by Gasteiger charge is 2.35. The second-order valence-electron chi connectivity index (χ2n) is 5.55. The summed E-state index contributed by atoms with van der Waals surface area (Å²) < 4.78 is 0. The first-order valence-corrected chi connectivity index (χ1v) is 7.99. The van der Waals surface area contributed by atoms with Gasteiger partial charge in [-0.25, -0.2) is 0 Å². The highest BCUT2D eigenvalue weighted by Crippen LogP contribution is 2.19. The topological polar surface area (TPSA) is 75.4 Å². The molecule has 1 aliphatic rings. The number of hydrogen-bond acceptors (Lipinski definition) is 3. The van der Waals surface area contributed by atoms with Crippen molar-refractivity contribution in [1.82, 2.24) is 10.2 Å². The molecule has 1 aromatic rings. The Morgan fingerprint density at radius 1 is 1.48 bits per heavy atom. The van der Waals surface area contributed by atoms with Gasteiger partial charge in [-0.15, -0.1) is 12.4 Å². The van der Waals surface area contributed by atoms with Crippen LogP contribution in [-0.4, -0.2) is 35.3 Å². The van der Waals surface area contributed by atoms with Gasteiger partial charge in [0, 0.05) is 18.1 Å². The van der Waals surface area contributed by atoms with Crippen LogP contribution in [0.3, 0.4) is 0 Å². The zero-order valence-corrected chi connectivity index (χ0v) is 14.7. The minimum atomic E-state index is -0.527. The van der Waals surface area contributed by atoms with Crippen molar-refractivity contribution in [2.45, 2.75) is 44.8 Å². The molecule has 3 N–H and O–H groups in total. The number of nitrogens with zero attached hydrogens (tertiary/aromatic N) is 1. The summed E-state index contributed by atoms with van der Waals surface area (Å²) in [6.45, 7) is 2.87. The second-order valence-corrected chi connectivity index (χ2v) is 5.99. The van der Waals surface area contributed by atoms with Gasteiger partial charge in [-0.05, 0) is 37.0 Å². The number of rotatable bonds is 5. The van der Waals surface area contributed by atoms with E-state index in [4.69, 9.17) is 17.3 Å². The maximum absolute atomic E-state index is 12.4. The fourth-order valence-electron chi connectivity index (χ4n) is 2.64. The van der Waals surface area contributed by atoms with Crippen LogP contribution in [0, 0.1) is 0 Å². The summed E-state index contributed by atoms with van der Waals surface area (Å²) >= 11 is 5.92. The summed E-state index contributed by atoms with van der Waals surface area (Å²) in [5.41, 5.74) is 6.74. The molecular weight excluding hydrogens is 337 g/mol. The molecule has 2 amide bonds. The van der Waals surface area contributed by atoms with E-state index in [0.29, 0.717) is 31.0 Å². The van der Waals surface area contributed by atoms with Gasteiger partial charge in [0.05, 0.1) is 6.04 Å². The van der Waals surface area contributed by atoms with Gasteiger partial charge in [-0.3, -0.25) is 9.59 Å². The van der Waals surface area contributed by atoms with Gasteiger partial charge >= 0.3 is 0 Å². The van der Waals surface area contributed by atoms with Crippen LogP contribution in [0.1, 0.15) is 31.7 Å². The van der Waals surface area contributed by atoms with E-state index < -0.39 is 12.1 Å². The second kappa shape index (κ2) is 9.11. The molecule has 7 heteroatoms. The monoisotopic (exact) mass is 359 g/mol. The van der Waals surface area contributed by atoms with Crippen molar-refractivity contribution < 1.29 is 9.59 Å². The van der Waals surface area contributed by atoms with Crippen LogP contribution in [0.2, 0.25) is 5.02 Å². The molecule has 0 radical (unpaired) electrons. The van der Waals surface area contributed by atoms with E-state index in [1.807, 2.05) is 25.1 Å². The van der Waals surface area contributed by atoms with Crippen LogP contribution in [0.15, 0.2) is 24.3 Å². The highest BCUT2D eigenvalue weighted by molar-refractivity contribution is 6.30. The summed E-state index contributed by atoms with van der Waals surface area (Å²) in [4.78, 5) is 26.2. The Balaban J connectivity index is 0.00000264. The average Bonchev–Trinajstić information content (AvgIpc) is 3.00. The molecule has 0 unspecified atom stereocenters. The Labute approximate surface area is 148 Å². The standard InChI is InChI=1S/C16H22ClN3O2.ClH/c1-2-13(18)16(22)20-8-4-7-14(20)15(21)19-10-11-5-3-6-12(17)9-11;/h3,5-6,9,13-14H,2,4,7-8,10,18H2,1H3,(H,19,21);1H/t13-,14+;/m1./s1. The molecule has 0 bridgehead atoms. The molecule has 1 heterocycles. The number of benzene rings is 1. The Bertz CT molecular complexity index is 554. The molecule has 0 saturated carbocycles. The van der Waals surface area contributed by atoms with E-state index >= 15 is 0 Å². The molecule has 1 fully saturated rings. The normalized spacial score (nSPS) is 18.2. The molecule has 128 valence electrons. The van der Waals surface area contributed by atoms with Crippen molar-refractivity contribution in [3.8, 4) is 0 Å². The molecular formula is C16H23Cl2N3O2. The van der Waals surface area contributed by atoms with Crippen LogP contribution >= 0.6 is 24.0 Å². The predicted molar refractivity (Wildman–Crippen MR) is 93.5 cm³/mol. The van der Waals surface area contributed by atoms with Crippen molar-refractivity contribution in [3.63, 3.8) is 0 Å². The third kappa shape index (κ3) is 5.09. The smallest absolute Gasteiger partial charge is 0.243 e. The fourth-order valence-corrected chi connectivity index (χ4v) is 2.86. The van der Waals surface area contributed by atoms with E-state index in [0.717, 1.165) is 12.0 Å². The van der Waals surface area contributed by atoms with Crippen molar-refractivity contribution in [1.29, 1.82) is 0 Å². The third-order valence-electron chi connectivity index (χ3n) is 3.95. The first-order chi connectivity index (χ1) is 10.5. The highest BCUT2D eigenvalue weighted by atomic mass is 35.5. The van der Waals surface area contributed by atoms with E-state index in [9.17, 15) is 9.59 Å². The van der Waals surface area contributed by atoms with Gasteiger partial charge in [-0.2, -0.15) is 0 Å². The van der Waals surface area contributed by atoms with Crippen LogP contribution in [0.4, 0.5) is 0 Å². The van der Waals surface area contributed by atoms with Gasteiger partial charge in [0.25, 0.3) is 0 Å². The lowest BCUT2D eigenvalue weighted by atomic mass is 10.1. The minimum Gasteiger partial charge on any atom is -0.350 e. The molecule has 1 saturated heterocycles. The number of carbonyl (C=O) groups is 2. The van der Waals surface area contributed by atoms with Crippen LogP contribution in [-0.2, 0) is 16.1 Å². The van der Waals surface area contributed by atoms with Crippen molar-refractivity contribution in [2.24, 2.45) is 5.73 Å². The fraction of sp³-hybridized carbons (Fsp3) is 0.500. The maximum atomic E-state index is 12.4. The maximum Gasteiger partial charge on any atom is 0.243 e. The molecule has 0 spiro atoms. The zero-order valence-electron chi connectivity index (χ0n) is 13.1. The first-order valence-electron chi connectivity index (χ1n) is 7.61. The number of amides is 2. The number of hydrogen-bond donors (Lipinski definition) is 2. The lowest BCUT2D eigenvalue weighted by molar-refractivity contribution is -0.139. The molecule has 1 aromatic carbocycles. The molecule has 0 aromatic heterocycles. The van der Waals surface area contributed by atoms with Crippen molar-refractivity contribution in [2.75, 3.05) is 6.54 Å². The van der Waals surface area contributed by atoms with Crippen LogP contribution in [0.25, 0.3) is 0 Å². The summed E-state index contributed by atoms with van der Waals surface area (Å²) in [6, 6.07) is 6.40. The summed E-state index contributed by atoms with van der Waals surface area (Å²) in [7, 11) is 0. The molecule has 1 aliphatic heterocycles. The summed E-state index contributed by atoms with van der Waals surface area (Å²) in [5, 5.41) is 3.51. The van der Waals surface area contributed by atoms with Gasteiger partial charge in [0.2, 0.25) is 11.8 Å². The van der Waals surface area contributed by atoms with E-state index in [-0.39, 0.29) is 24.2 Å². The Hall–Kier alpha value is -1.30. The summed E-state index contributed by atoms with van der Waals surface area (Å²) in [6.07, 6.45) is 2.09. The molecule has 0 aliphatic carbocycles. The zero-order chi connectivity index (χ0) is 16.1. The lowest BCUT2D eigenvalue weighted by Crippen LogP contribution is -2.50. The van der Waals surface area contributed by atoms with Gasteiger partial charge in [0.15, 0.2) is 0 Å². The quantitative estimate of drug-likeness (QED) is 0.845. The molecule has 2 atom stereocenters. The Kier molecular flexibility index (Phi) is 7.82. The van der Waals surface area contributed by atoms with Crippen LogP contribution in [0.5, 0.6) is 0 Å². The van der Waals surface area contributed by atoms with Crippen LogP contribution < -0.4 is 11.1 Å². The number of carbonyl (C=O) groups excluding carboxylic acids is 2. The van der Waals surface area contributed by atoms with E-state index in [1.165, 1.54) is 0 Å². The van der Waals surface area contributed by atoms with Crippen molar-refractivity contribution >= 4 is 35.8 Å². The lowest BCUT2D eigenvalue weighted by Gasteiger charge is -2.26. The molecule has 5 nitrogen and oxygen atoms in total. The summed E-state index contributed by atoms with van der Waals surface area (Å²) in [5.74, 6) is -0.267.